The Bertz CT molecular complexity index is 760. The number of aliphatic imine (C=N–C) groups is 1. The minimum Gasteiger partial charge on any atom is -0.493 e. The number of aromatic nitrogens is 1. The quantitative estimate of drug-likeness (QED) is 0.329. The van der Waals surface area contributed by atoms with Crippen molar-refractivity contribution in [3.8, 4) is 5.75 Å². The largest absolute Gasteiger partial charge is 0.493 e. The number of ether oxygens (including phenoxy) is 1. The molecule has 1 amide bonds. The molecule has 0 saturated carbocycles. The van der Waals surface area contributed by atoms with E-state index in [0.717, 1.165) is 36.3 Å². The summed E-state index contributed by atoms with van der Waals surface area (Å²) in [6.07, 6.45) is 2.61. The van der Waals surface area contributed by atoms with Gasteiger partial charge in [0.1, 0.15) is 5.75 Å². The lowest BCUT2D eigenvalue weighted by molar-refractivity contribution is -0.118. The molecule has 0 atom stereocenters. The number of nitrogens with one attached hydrogen (secondary N) is 2. The molecule has 4 N–H and O–H groups in total. The highest BCUT2D eigenvalue weighted by Crippen LogP contribution is 2.19. The lowest BCUT2D eigenvalue weighted by atomic mass is 10.2. The van der Waals surface area contributed by atoms with Crippen LogP contribution >= 0.6 is 11.3 Å². The molecule has 146 valence electrons. The van der Waals surface area contributed by atoms with Crippen molar-refractivity contribution in [1.82, 2.24) is 10.3 Å². The van der Waals surface area contributed by atoms with Crippen LogP contribution in [0.25, 0.3) is 0 Å². The second-order valence-electron chi connectivity index (χ2n) is 6.01. The third-order valence-electron chi connectivity index (χ3n) is 3.62. The van der Waals surface area contributed by atoms with Gasteiger partial charge in [-0.15, -0.1) is 11.3 Å². The third-order valence-corrected chi connectivity index (χ3v) is 4.43. The summed E-state index contributed by atoms with van der Waals surface area (Å²) < 4.78 is 5.73. The van der Waals surface area contributed by atoms with Gasteiger partial charge in [-0.05, 0) is 25.3 Å². The molecule has 27 heavy (non-hydrogen) atoms. The highest BCUT2D eigenvalue weighted by atomic mass is 32.1. The average Bonchev–Trinajstić information content (AvgIpc) is 3.09. The van der Waals surface area contributed by atoms with Gasteiger partial charge in [-0.2, -0.15) is 0 Å². The summed E-state index contributed by atoms with van der Waals surface area (Å²) in [5, 5.41) is 8.50. The summed E-state index contributed by atoms with van der Waals surface area (Å²) in [6, 6.07) is 7.83. The molecular formula is C19H27N5O2S. The number of carbonyl (C=O) groups is 1. The van der Waals surface area contributed by atoms with Crippen LogP contribution in [0.4, 0.5) is 5.13 Å². The lowest BCUT2D eigenvalue weighted by Gasteiger charge is -2.09. The zero-order valence-corrected chi connectivity index (χ0v) is 16.6. The number of hydrogen-bond donors (Lipinski definition) is 3. The number of rotatable bonds is 10. The molecule has 0 spiro atoms. The molecule has 8 heteroatoms. The molecule has 2 aromatic rings. The van der Waals surface area contributed by atoms with Crippen LogP contribution in [0.15, 0.2) is 34.6 Å². The molecule has 0 aliphatic rings. The van der Waals surface area contributed by atoms with Gasteiger partial charge in [-0.1, -0.05) is 25.1 Å². The summed E-state index contributed by atoms with van der Waals surface area (Å²) in [5.74, 6) is 1.15. The van der Waals surface area contributed by atoms with Crippen molar-refractivity contribution in [3.63, 3.8) is 0 Å². The predicted molar refractivity (Wildman–Crippen MR) is 110 cm³/mol. The van der Waals surface area contributed by atoms with Crippen LogP contribution in [-0.4, -0.2) is 30.0 Å². The Balaban J connectivity index is 1.85. The lowest BCUT2D eigenvalue weighted by Crippen LogP contribution is -2.22. The predicted octanol–water partition coefficient (Wildman–Crippen LogP) is 2.93. The van der Waals surface area contributed by atoms with E-state index in [4.69, 9.17) is 10.5 Å². The average molecular weight is 390 g/mol. The van der Waals surface area contributed by atoms with Crippen LogP contribution in [0.3, 0.4) is 0 Å². The standard InChI is InChI=1S/C19H27N5O2S/c1-3-11-26-17-9-5-4-7-15(17)12-22-18(20)24-19-23-16(13-27-19)8-6-10-21-14(2)25/h4-5,7,9,13H,3,6,8,10-12H2,1-2H3,(H,21,25)(H3,20,22,23,24). The molecule has 1 heterocycles. The molecular weight excluding hydrogens is 362 g/mol. The number of para-hydroxylation sites is 1. The number of benzene rings is 1. The maximum Gasteiger partial charge on any atom is 0.216 e. The second kappa shape index (κ2) is 11.2. The van der Waals surface area contributed by atoms with Crippen LogP contribution in [0.1, 0.15) is 37.9 Å². The minimum atomic E-state index is -0.0127. The van der Waals surface area contributed by atoms with Crippen molar-refractivity contribution >= 4 is 28.3 Å². The van der Waals surface area contributed by atoms with Gasteiger partial charge in [-0.3, -0.25) is 4.79 Å². The van der Waals surface area contributed by atoms with Gasteiger partial charge >= 0.3 is 0 Å². The molecule has 0 fully saturated rings. The number of carbonyl (C=O) groups excluding carboxylic acids is 1. The SMILES string of the molecule is CCCOc1ccccc1CN=C(N)Nc1nc(CCCNC(C)=O)cs1. The number of anilines is 1. The van der Waals surface area contributed by atoms with Crippen LogP contribution < -0.4 is 21.1 Å². The maximum absolute atomic E-state index is 10.8. The van der Waals surface area contributed by atoms with Crippen LogP contribution in [0, 0.1) is 0 Å². The highest BCUT2D eigenvalue weighted by Gasteiger charge is 2.05. The number of hydrogen-bond acceptors (Lipinski definition) is 5. The van der Waals surface area contributed by atoms with Gasteiger partial charge in [0.25, 0.3) is 0 Å². The Morgan fingerprint density at radius 2 is 2.19 bits per heavy atom. The molecule has 0 radical (unpaired) electrons. The number of aryl methyl sites for hydroxylation is 1. The topological polar surface area (TPSA) is 102 Å². The Morgan fingerprint density at radius 1 is 1.37 bits per heavy atom. The Morgan fingerprint density at radius 3 is 2.96 bits per heavy atom. The van der Waals surface area contributed by atoms with E-state index in [0.29, 0.717) is 30.8 Å². The van der Waals surface area contributed by atoms with Gasteiger partial charge in [-0.25, -0.2) is 9.98 Å². The molecule has 7 nitrogen and oxygen atoms in total. The van der Waals surface area contributed by atoms with Gasteiger partial charge < -0.3 is 21.1 Å². The van der Waals surface area contributed by atoms with Crippen molar-refractivity contribution in [1.29, 1.82) is 0 Å². The van der Waals surface area contributed by atoms with Gasteiger partial charge in [0.05, 0.1) is 18.8 Å². The molecule has 0 saturated heterocycles. The van der Waals surface area contributed by atoms with E-state index >= 15 is 0 Å². The molecule has 2 rings (SSSR count). The van der Waals surface area contributed by atoms with Crippen molar-refractivity contribution in [3.05, 3.63) is 40.9 Å². The number of nitrogens with zero attached hydrogens (tertiary/aromatic N) is 2. The first-order valence-corrected chi connectivity index (χ1v) is 9.93. The van der Waals surface area contributed by atoms with Gasteiger partial charge in [0, 0.05) is 24.4 Å². The van der Waals surface area contributed by atoms with Crippen molar-refractivity contribution in [2.75, 3.05) is 18.5 Å². The normalized spacial score (nSPS) is 11.3. The van der Waals surface area contributed by atoms with E-state index < -0.39 is 0 Å². The zero-order valence-electron chi connectivity index (χ0n) is 15.8. The van der Waals surface area contributed by atoms with Crippen molar-refractivity contribution in [2.24, 2.45) is 10.7 Å². The second-order valence-corrected chi connectivity index (χ2v) is 6.87. The fourth-order valence-corrected chi connectivity index (χ4v) is 3.07. The van der Waals surface area contributed by atoms with Crippen molar-refractivity contribution < 1.29 is 9.53 Å². The summed E-state index contributed by atoms with van der Waals surface area (Å²) in [5.41, 5.74) is 7.95. The molecule has 1 aromatic heterocycles. The van der Waals surface area contributed by atoms with Crippen molar-refractivity contribution in [2.45, 2.75) is 39.7 Å². The Hall–Kier alpha value is -2.61. The first-order valence-electron chi connectivity index (χ1n) is 9.05. The number of guanidine groups is 1. The molecule has 1 aromatic carbocycles. The first-order chi connectivity index (χ1) is 13.1. The Labute approximate surface area is 164 Å². The Kier molecular flexibility index (Phi) is 8.57. The van der Waals surface area contributed by atoms with Crippen LogP contribution in [0.2, 0.25) is 0 Å². The highest BCUT2D eigenvalue weighted by molar-refractivity contribution is 7.13. The summed E-state index contributed by atoms with van der Waals surface area (Å²) >= 11 is 1.48. The van der Waals surface area contributed by atoms with E-state index in [1.807, 2.05) is 29.6 Å². The number of nitrogens with two attached hydrogens (primary N) is 1. The molecule has 0 aliphatic heterocycles. The van der Waals surface area contributed by atoms with Gasteiger partial charge in [0.2, 0.25) is 5.91 Å². The van der Waals surface area contributed by atoms with E-state index in [9.17, 15) is 4.79 Å². The van der Waals surface area contributed by atoms with E-state index in [1.54, 1.807) is 0 Å². The summed E-state index contributed by atoms with van der Waals surface area (Å²) in [7, 11) is 0. The van der Waals surface area contributed by atoms with Crippen LogP contribution in [0.5, 0.6) is 5.75 Å². The fourth-order valence-electron chi connectivity index (χ4n) is 2.32. The molecule has 0 aliphatic carbocycles. The fraction of sp³-hybridized carbons (Fsp3) is 0.421. The van der Waals surface area contributed by atoms with E-state index in [2.05, 4.69) is 27.5 Å². The van der Waals surface area contributed by atoms with Gasteiger partial charge in [0.15, 0.2) is 11.1 Å². The maximum atomic E-state index is 10.8. The molecule has 0 unspecified atom stereocenters. The monoisotopic (exact) mass is 389 g/mol. The summed E-state index contributed by atoms with van der Waals surface area (Å²) in [4.78, 5) is 19.7. The summed E-state index contributed by atoms with van der Waals surface area (Å²) in [6.45, 7) is 5.36. The van der Waals surface area contributed by atoms with Crippen LogP contribution in [-0.2, 0) is 17.8 Å². The number of thiazole rings is 1. The number of amides is 1. The third kappa shape index (κ3) is 7.65. The van der Waals surface area contributed by atoms with E-state index in [1.165, 1.54) is 18.3 Å². The smallest absolute Gasteiger partial charge is 0.216 e. The zero-order chi connectivity index (χ0) is 19.5. The molecule has 0 bridgehead atoms. The van der Waals surface area contributed by atoms with E-state index in [-0.39, 0.29) is 5.91 Å². The minimum absolute atomic E-state index is 0.0127. The first kappa shape index (κ1) is 20.7.